The molecular formula is C26H48N2O2+2. The van der Waals surface area contributed by atoms with Gasteiger partial charge < -0.3 is 15.0 Å². The number of carbonyl (C=O) groups excluding carboxylic acids is 1. The van der Waals surface area contributed by atoms with Crippen LogP contribution >= 0.6 is 0 Å². The van der Waals surface area contributed by atoms with E-state index in [1.807, 2.05) is 0 Å². The standard InChI is InChI=1S/C26H46N2O2/c1-5-7-14-28(15-8-6-2)16-10-13-27-19-22-21-17-23-20(3)11-9-12-26(23,4)18-24(21)30-25(22)29/h21-22,24,27H,5-19H2,1-4H3/p+2/t21-,22-,24-,26-/m1/s1. The van der Waals surface area contributed by atoms with Gasteiger partial charge in [-0.05, 0) is 57.3 Å². The number of carbonyl (C=O) groups is 1. The summed E-state index contributed by atoms with van der Waals surface area (Å²) in [5.74, 6) is 0.603. The van der Waals surface area contributed by atoms with E-state index in [1.165, 1.54) is 71.0 Å². The second kappa shape index (κ2) is 11.1. The fourth-order valence-electron chi connectivity index (χ4n) is 6.40. The smallest absolute Gasteiger partial charge is 0.315 e. The van der Waals surface area contributed by atoms with Crippen molar-refractivity contribution in [2.24, 2.45) is 17.3 Å². The van der Waals surface area contributed by atoms with Crippen molar-refractivity contribution in [1.29, 1.82) is 0 Å². The number of ether oxygens (including phenoxy) is 1. The Balaban J connectivity index is 1.46. The Morgan fingerprint density at radius 1 is 1.13 bits per heavy atom. The average molecular weight is 421 g/mol. The fraction of sp³-hybridized carbons (Fsp3) is 0.885. The van der Waals surface area contributed by atoms with E-state index in [0.29, 0.717) is 5.92 Å². The van der Waals surface area contributed by atoms with E-state index >= 15 is 0 Å². The second-order valence-corrected chi connectivity index (χ2v) is 10.7. The molecule has 0 radical (unpaired) electrons. The lowest BCUT2D eigenvalue weighted by molar-refractivity contribution is -0.902. The zero-order chi connectivity index (χ0) is 21.6. The lowest BCUT2D eigenvalue weighted by atomic mass is 9.59. The Hall–Kier alpha value is -0.870. The number of hydrogen-bond acceptors (Lipinski definition) is 2. The lowest BCUT2D eigenvalue weighted by Gasteiger charge is -2.45. The maximum Gasteiger partial charge on any atom is 0.315 e. The van der Waals surface area contributed by atoms with Crippen LogP contribution in [0.5, 0.6) is 0 Å². The summed E-state index contributed by atoms with van der Waals surface area (Å²) < 4.78 is 5.93. The zero-order valence-corrected chi connectivity index (χ0v) is 20.2. The van der Waals surface area contributed by atoms with Crippen LogP contribution in [0.15, 0.2) is 11.1 Å². The number of allylic oxidation sites excluding steroid dienone is 2. The van der Waals surface area contributed by atoms with Crippen LogP contribution < -0.4 is 10.2 Å². The molecule has 0 unspecified atom stereocenters. The predicted molar refractivity (Wildman–Crippen MR) is 122 cm³/mol. The van der Waals surface area contributed by atoms with Gasteiger partial charge in [-0.1, -0.05) is 44.8 Å². The molecule has 3 aliphatic rings. The number of esters is 1. The summed E-state index contributed by atoms with van der Waals surface area (Å²) >= 11 is 0. The number of hydrogen-bond donors (Lipinski definition) is 2. The van der Waals surface area contributed by atoms with E-state index in [4.69, 9.17) is 4.74 Å². The van der Waals surface area contributed by atoms with Crippen LogP contribution in [0.3, 0.4) is 0 Å². The molecule has 1 heterocycles. The monoisotopic (exact) mass is 420 g/mol. The van der Waals surface area contributed by atoms with Gasteiger partial charge in [0.05, 0.1) is 32.7 Å². The molecule has 0 amide bonds. The summed E-state index contributed by atoms with van der Waals surface area (Å²) in [4.78, 5) is 14.5. The van der Waals surface area contributed by atoms with Crippen molar-refractivity contribution in [2.45, 2.75) is 98.0 Å². The Labute approximate surface area is 185 Å². The normalized spacial score (nSPS) is 31.1. The summed E-state index contributed by atoms with van der Waals surface area (Å²) in [5.41, 5.74) is 3.56. The quantitative estimate of drug-likeness (QED) is 0.290. The maximum atomic E-state index is 12.7. The van der Waals surface area contributed by atoms with Gasteiger partial charge in [0.1, 0.15) is 12.0 Å². The Morgan fingerprint density at radius 3 is 2.53 bits per heavy atom. The van der Waals surface area contributed by atoms with Crippen molar-refractivity contribution >= 4 is 5.97 Å². The SMILES string of the molecule is CCCC[NH+](CCCC)CCC[NH2+]C[C@H]1C(=O)O[C@@H]2C[C@@]3(C)CCCC(C)=C3C[C@@H]21. The molecule has 30 heavy (non-hydrogen) atoms. The van der Waals surface area contributed by atoms with E-state index in [9.17, 15) is 4.79 Å². The van der Waals surface area contributed by atoms with Gasteiger partial charge in [-0.25, -0.2) is 0 Å². The average Bonchev–Trinajstić information content (AvgIpc) is 3.01. The highest BCUT2D eigenvalue weighted by Crippen LogP contribution is 2.54. The van der Waals surface area contributed by atoms with Crippen molar-refractivity contribution in [2.75, 3.05) is 32.7 Å². The van der Waals surface area contributed by atoms with E-state index in [1.54, 1.807) is 16.0 Å². The molecule has 4 heteroatoms. The van der Waals surface area contributed by atoms with Crippen molar-refractivity contribution in [3.63, 3.8) is 0 Å². The minimum atomic E-state index is 0.0832. The summed E-state index contributed by atoms with van der Waals surface area (Å²) in [6.45, 7) is 15.3. The highest BCUT2D eigenvalue weighted by Gasteiger charge is 2.53. The molecule has 4 nitrogen and oxygen atoms in total. The fourth-order valence-corrected chi connectivity index (χ4v) is 6.40. The van der Waals surface area contributed by atoms with Gasteiger partial charge in [-0.15, -0.1) is 0 Å². The van der Waals surface area contributed by atoms with Gasteiger partial charge in [0.25, 0.3) is 0 Å². The Morgan fingerprint density at radius 2 is 1.83 bits per heavy atom. The predicted octanol–water partition coefficient (Wildman–Crippen LogP) is 2.88. The van der Waals surface area contributed by atoms with E-state index in [2.05, 4.69) is 33.0 Å². The topological polar surface area (TPSA) is 47.4 Å². The molecule has 0 aromatic heterocycles. The maximum absolute atomic E-state index is 12.7. The highest BCUT2D eigenvalue weighted by molar-refractivity contribution is 5.75. The van der Waals surface area contributed by atoms with Gasteiger partial charge in [0.2, 0.25) is 0 Å². The molecule has 1 saturated heterocycles. The molecule has 0 aromatic carbocycles. The third-order valence-corrected chi connectivity index (χ3v) is 8.31. The number of nitrogens with one attached hydrogen (secondary N) is 1. The summed E-state index contributed by atoms with van der Waals surface area (Å²) in [6, 6.07) is 0. The van der Waals surface area contributed by atoms with Crippen molar-refractivity contribution in [1.82, 2.24) is 0 Å². The summed E-state index contributed by atoms with van der Waals surface area (Å²) in [5, 5.41) is 2.40. The van der Waals surface area contributed by atoms with Crippen molar-refractivity contribution in [3.8, 4) is 0 Å². The van der Waals surface area contributed by atoms with Crippen LogP contribution in [0.4, 0.5) is 0 Å². The van der Waals surface area contributed by atoms with Gasteiger partial charge >= 0.3 is 5.97 Å². The third kappa shape index (κ3) is 5.68. The number of rotatable bonds is 12. The third-order valence-electron chi connectivity index (χ3n) is 8.31. The molecule has 3 N–H and O–H groups in total. The lowest BCUT2D eigenvalue weighted by Crippen LogP contribution is -3.12. The van der Waals surface area contributed by atoms with E-state index < -0.39 is 0 Å². The van der Waals surface area contributed by atoms with E-state index in [0.717, 1.165) is 25.9 Å². The van der Waals surface area contributed by atoms with E-state index in [-0.39, 0.29) is 23.4 Å². The number of nitrogens with two attached hydrogens (primary N) is 1. The first-order valence-corrected chi connectivity index (χ1v) is 13.0. The number of fused-ring (bicyclic) bond motifs is 2. The van der Waals surface area contributed by atoms with Crippen LogP contribution in [0.1, 0.15) is 91.9 Å². The first-order valence-electron chi connectivity index (χ1n) is 13.0. The van der Waals surface area contributed by atoms with Crippen molar-refractivity contribution in [3.05, 3.63) is 11.1 Å². The molecule has 3 rings (SSSR count). The first-order chi connectivity index (χ1) is 14.5. The summed E-state index contributed by atoms with van der Waals surface area (Å²) in [7, 11) is 0. The molecule has 0 spiro atoms. The molecule has 0 bridgehead atoms. The zero-order valence-electron chi connectivity index (χ0n) is 20.2. The summed E-state index contributed by atoms with van der Waals surface area (Å²) in [6.07, 6.45) is 12.7. The minimum Gasteiger partial charge on any atom is -0.462 e. The highest BCUT2D eigenvalue weighted by atomic mass is 16.6. The minimum absolute atomic E-state index is 0.0832. The number of unbranched alkanes of at least 4 members (excludes halogenated alkanes) is 2. The molecule has 1 saturated carbocycles. The Bertz CT molecular complexity index is 594. The molecule has 0 aromatic rings. The largest absolute Gasteiger partial charge is 0.462 e. The van der Waals surface area contributed by atoms with Crippen LogP contribution in [0, 0.1) is 17.3 Å². The van der Waals surface area contributed by atoms with Crippen molar-refractivity contribution < 1.29 is 19.7 Å². The van der Waals surface area contributed by atoms with Gasteiger partial charge in [0, 0.05) is 12.3 Å². The molecular weight excluding hydrogens is 372 g/mol. The first kappa shape index (κ1) is 23.8. The van der Waals surface area contributed by atoms with Gasteiger partial charge in [-0.2, -0.15) is 0 Å². The van der Waals surface area contributed by atoms with Gasteiger partial charge in [-0.3, -0.25) is 4.79 Å². The van der Waals surface area contributed by atoms with Crippen LogP contribution in [0.2, 0.25) is 0 Å². The van der Waals surface area contributed by atoms with Crippen LogP contribution in [-0.4, -0.2) is 44.8 Å². The second-order valence-electron chi connectivity index (χ2n) is 10.7. The van der Waals surface area contributed by atoms with Gasteiger partial charge in [0.15, 0.2) is 0 Å². The Kier molecular flexibility index (Phi) is 8.82. The molecule has 2 aliphatic carbocycles. The molecule has 1 aliphatic heterocycles. The molecule has 172 valence electrons. The van der Waals surface area contributed by atoms with Crippen LogP contribution in [-0.2, 0) is 9.53 Å². The van der Waals surface area contributed by atoms with Crippen LogP contribution in [0.25, 0.3) is 0 Å². The molecule has 4 atom stereocenters. The molecule has 2 fully saturated rings. The number of quaternary nitrogens is 2.